The van der Waals surface area contributed by atoms with Gasteiger partial charge in [0.25, 0.3) is 0 Å². The zero-order valence-electron chi connectivity index (χ0n) is 10.9. The van der Waals surface area contributed by atoms with Crippen molar-refractivity contribution in [3.63, 3.8) is 0 Å². The Morgan fingerprint density at radius 2 is 1.70 bits per heavy atom. The van der Waals surface area contributed by atoms with Gasteiger partial charge >= 0.3 is 0 Å². The molecule has 0 spiro atoms. The zero-order valence-corrected chi connectivity index (χ0v) is 14.8. The molecule has 1 atom stereocenters. The summed E-state index contributed by atoms with van der Waals surface area (Å²) >= 11 is 8.77. The molecule has 0 radical (unpaired) electrons. The lowest BCUT2D eigenvalue weighted by atomic mass is 10.0. The zero-order chi connectivity index (χ0) is 14.3. The molecule has 20 heavy (non-hydrogen) atoms. The number of halogens is 2. The Balaban J connectivity index is 2.03. The molecule has 2 aromatic carbocycles. The van der Waals surface area contributed by atoms with Gasteiger partial charge in [0, 0.05) is 9.35 Å². The van der Waals surface area contributed by atoms with Crippen LogP contribution in [0.25, 0.3) is 10.8 Å². The number of nitrogens with two attached hydrogens (primary N) is 1. The first kappa shape index (κ1) is 14.3. The van der Waals surface area contributed by atoms with Crippen molar-refractivity contribution in [2.24, 2.45) is 5.73 Å². The fraction of sp³-hybridized carbons (Fsp3) is 0.125. The third-order valence-corrected chi connectivity index (χ3v) is 6.08. The van der Waals surface area contributed by atoms with Crippen LogP contribution in [0.3, 0.4) is 0 Å². The minimum atomic E-state index is -0.0713. The van der Waals surface area contributed by atoms with E-state index in [9.17, 15) is 0 Å². The number of aryl methyl sites for hydroxylation is 1. The Morgan fingerprint density at radius 3 is 2.40 bits per heavy atom. The standard InChI is InChI=1S/C16H13Br2NS/c1-9-6-14(20-16(9)18)15(19)12-3-2-11-8-13(17)5-4-10(11)7-12/h2-8,15H,19H2,1H3. The van der Waals surface area contributed by atoms with Crippen molar-refractivity contribution in [2.75, 3.05) is 0 Å². The Morgan fingerprint density at radius 1 is 1.00 bits per heavy atom. The molecule has 1 nitrogen and oxygen atoms in total. The maximum atomic E-state index is 6.40. The van der Waals surface area contributed by atoms with E-state index in [0.29, 0.717) is 0 Å². The van der Waals surface area contributed by atoms with E-state index in [0.717, 1.165) is 13.8 Å². The van der Waals surface area contributed by atoms with Crippen LogP contribution in [0.5, 0.6) is 0 Å². The van der Waals surface area contributed by atoms with Gasteiger partial charge in [0.05, 0.1) is 9.83 Å². The molecule has 0 amide bonds. The summed E-state index contributed by atoms with van der Waals surface area (Å²) in [5.74, 6) is 0. The fourth-order valence-corrected chi connectivity index (χ4v) is 4.21. The van der Waals surface area contributed by atoms with E-state index < -0.39 is 0 Å². The molecular weight excluding hydrogens is 398 g/mol. The molecule has 1 aromatic heterocycles. The second-order valence-electron chi connectivity index (χ2n) is 4.83. The van der Waals surface area contributed by atoms with Crippen LogP contribution >= 0.6 is 43.2 Å². The van der Waals surface area contributed by atoms with Crippen molar-refractivity contribution in [2.45, 2.75) is 13.0 Å². The van der Waals surface area contributed by atoms with Gasteiger partial charge in [-0.15, -0.1) is 11.3 Å². The highest BCUT2D eigenvalue weighted by atomic mass is 79.9. The Labute approximate surface area is 139 Å². The number of benzene rings is 2. The maximum absolute atomic E-state index is 6.40. The van der Waals surface area contributed by atoms with E-state index in [1.807, 2.05) is 0 Å². The number of hydrogen-bond donors (Lipinski definition) is 1. The lowest BCUT2D eigenvalue weighted by Crippen LogP contribution is -2.09. The average molecular weight is 411 g/mol. The molecule has 0 aliphatic rings. The summed E-state index contributed by atoms with van der Waals surface area (Å²) in [5.41, 5.74) is 8.79. The summed E-state index contributed by atoms with van der Waals surface area (Å²) in [4.78, 5) is 1.19. The number of hydrogen-bond acceptors (Lipinski definition) is 2. The monoisotopic (exact) mass is 409 g/mol. The summed E-state index contributed by atoms with van der Waals surface area (Å²) in [6, 6.07) is 14.8. The van der Waals surface area contributed by atoms with Crippen molar-refractivity contribution in [1.82, 2.24) is 0 Å². The van der Waals surface area contributed by atoms with Crippen LogP contribution < -0.4 is 5.73 Å². The van der Waals surface area contributed by atoms with Gasteiger partial charge in [0.15, 0.2) is 0 Å². The normalized spacial score (nSPS) is 12.8. The van der Waals surface area contributed by atoms with Gasteiger partial charge in [-0.2, -0.15) is 0 Å². The molecule has 3 rings (SSSR count). The minimum Gasteiger partial charge on any atom is -0.320 e. The van der Waals surface area contributed by atoms with E-state index in [-0.39, 0.29) is 6.04 Å². The highest BCUT2D eigenvalue weighted by Crippen LogP contribution is 2.34. The van der Waals surface area contributed by atoms with Crippen molar-refractivity contribution in [3.8, 4) is 0 Å². The van der Waals surface area contributed by atoms with Gasteiger partial charge in [0.2, 0.25) is 0 Å². The molecule has 0 fully saturated rings. The predicted octanol–water partition coefficient (Wildman–Crippen LogP) is 5.78. The van der Waals surface area contributed by atoms with E-state index in [4.69, 9.17) is 5.73 Å². The largest absolute Gasteiger partial charge is 0.320 e. The molecule has 102 valence electrons. The molecule has 0 bridgehead atoms. The van der Waals surface area contributed by atoms with Gasteiger partial charge in [-0.05, 0) is 69.0 Å². The van der Waals surface area contributed by atoms with Crippen molar-refractivity contribution < 1.29 is 0 Å². The fourth-order valence-electron chi connectivity index (χ4n) is 2.23. The molecule has 1 heterocycles. The quantitative estimate of drug-likeness (QED) is 0.568. The first-order valence-electron chi connectivity index (χ1n) is 6.25. The van der Waals surface area contributed by atoms with Crippen LogP contribution in [-0.2, 0) is 0 Å². The van der Waals surface area contributed by atoms with Crippen LogP contribution in [0, 0.1) is 6.92 Å². The molecule has 3 aromatic rings. The first-order chi connectivity index (χ1) is 9.54. The number of rotatable bonds is 2. The van der Waals surface area contributed by atoms with E-state index in [1.54, 1.807) is 11.3 Å². The predicted molar refractivity (Wildman–Crippen MR) is 94.4 cm³/mol. The Hall–Kier alpha value is -0.680. The third kappa shape index (κ3) is 2.70. The Bertz CT molecular complexity index is 760. The van der Waals surface area contributed by atoms with Crippen LogP contribution in [-0.4, -0.2) is 0 Å². The first-order valence-corrected chi connectivity index (χ1v) is 8.65. The maximum Gasteiger partial charge on any atom is 0.0731 e. The van der Waals surface area contributed by atoms with Crippen molar-refractivity contribution in [1.29, 1.82) is 0 Å². The molecule has 4 heteroatoms. The van der Waals surface area contributed by atoms with Crippen molar-refractivity contribution >= 4 is 54.0 Å². The van der Waals surface area contributed by atoms with Crippen LogP contribution in [0.15, 0.2) is 50.7 Å². The Kier molecular flexibility index (Phi) is 4.00. The average Bonchev–Trinajstić information content (AvgIpc) is 2.77. The lowest BCUT2D eigenvalue weighted by molar-refractivity contribution is 0.895. The number of thiophene rings is 1. The minimum absolute atomic E-state index is 0.0713. The molecule has 0 aliphatic heterocycles. The number of fused-ring (bicyclic) bond motifs is 1. The second kappa shape index (κ2) is 5.60. The molecule has 0 aliphatic carbocycles. The van der Waals surface area contributed by atoms with Gasteiger partial charge in [-0.1, -0.05) is 34.1 Å². The lowest BCUT2D eigenvalue weighted by Gasteiger charge is -2.11. The van der Waals surface area contributed by atoms with Gasteiger partial charge in [-0.3, -0.25) is 0 Å². The van der Waals surface area contributed by atoms with E-state index >= 15 is 0 Å². The summed E-state index contributed by atoms with van der Waals surface area (Å²) in [6.45, 7) is 2.09. The van der Waals surface area contributed by atoms with Crippen LogP contribution in [0.4, 0.5) is 0 Å². The molecule has 1 unspecified atom stereocenters. The van der Waals surface area contributed by atoms with Gasteiger partial charge < -0.3 is 5.73 Å². The molecule has 0 saturated heterocycles. The third-order valence-electron chi connectivity index (χ3n) is 3.37. The van der Waals surface area contributed by atoms with E-state index in [2.05, 4.69) is 81.2 Å². The van der Waals surface area contributed by atoms with Gasteiger partial charge in [0.1, 0.15) is 0 Å². The molecule has 0 saturated carbocycles. The summed E-state index contributed by atoms with van der Waals surface area (Å²) in [5, 5.41) is 2.44. The van der Waals surface area contributed by atoms with E-state index in [1.165, 1.54) is 21.2 Å². The second-order valence-corrected chi connectivity index (χ2v) is 8.15. The summed E-state index contributed by atoms with van der Waals surface area (Å²) in [6.07, 6.45) is 0. The highest BCUT2D eigenvalue weighted by molar-refractivity contribution is 9.11. The topological polar surface area (TPSA) is 26.0 Å². The summed E-state index contributed by atoms with van der Waals surface area (Å²) in [7, 11) is 0. The van der Waals surface area contributed by atoms with Crippen LogP contribution in [0.1, 0.15) is 22.0 Å². The van der Waals surface area contributed by atoms with Crippen molar-refractivity contribution in [3.05, 3.63) is 66.7 Å². The molecule has 2 N–H and O–H groups in total. The highest BCUT2D eigenvalue weighted by Gasteiger charge is 2.13. The SMILES string of the molecule is Cc1cc(C(N)c2ccc3cc(Br)ccc3c2)sc1Br. The molecular formula is C16H13Br2NS. The van der Waals surface area contributed by atoms with Gasteiger partial charge in [-0.25, -0.2) is 0 Å². The smallest absolute Gasteiger partial charge is 0.0731 e. The van der Waals surface area contributed by atoms with Crippen LogP contribution in [0.2, 0.25) is 0 Å². The summed E-state index contributed by atoms with van der Waals surface area (Å²) < 4.78 is 2.26.